The second-order valence-electron chi connectivity index (χ2n) is 17.2. The third-order valence-electron chi connectivity index (χ3n) is 11.3. The zero-order valence-electron chi connectivity index (χ0n) is 28.9. The van der Waals surface area contributed by atoms with Crippen molar-refractivity contribution in [2.75, 3.05) is 0 Å². The molecule has 0 bridgehead atoms. The predicted octanol–water partition coefficient (Wildman–Crippen LogP) is 8.80. The monoisotopic (exact) mass is 585 g/mol. The summed E-state index contributed by atoms with van der Waals surface area (Å²) in [6.45, 7) is 26.4. The summed E-state index contributed by atoms with van der Waals surface area (Å²) in [7, 11) is 0. The molecule has 6 unspecified atom stereocenters. The van der Waals surface area contributed by atoms with E-state index in [0.29, 0.717) is 35.5 Å². The number of hydrogen-bond acceptors (Lipinski definition) is 6. The van der Waals surface area contributed by atoms with Crippen molar-refractivity contribution in [2.45, 2.75) is 174 Å². The molecule has 6 nitrogen and oxygen atoms in total. The van der Waals surface area contributed by atoms with Gasteiger partial charge in [0.25, 0.3) is 0 Å². The van der Waals surface area contributed by atoms with Crippen molar-refractivity contribution < 1.29 is 15.6 Å². The van der Waals surface area contributed by atoms with Crippen LogP contribution in [0.2, 0.25) is 0 Å². The van der Waals surface area contributed by atoms with Crippen molar-refractivity contribution in [3.05, 3.63) is 34.9 Å². The van der Waals surface area contributed by atoms with Crippen molar-refractivity contribution >= 4 is 0 Å². The van der Waals surface area contributed by atoms with E-state index in [0.717, 1.165) is 38.5 Å². The topological polar surface area (TPSA) is 70.4 Å². The summed E-state index contributed by atoms with van der Waals surface area (Å²) in [6.07, 6.45) is 5.60. The average molecular weight is 586 g/mol. The summed E-state index contributed by atoms with van der Waals surface area (Å²) in [5.41, 5.74) is 3.33. The van der Waals surface area contributed by atoms with Crippen molar-refractivity contribution in [2.24, 2.45) is 17.8 Å². The molecule has 0 radical (unpaired) electrons. The van der Waals surface area contributed by atoms with E-state index < -0.39 is 0 Å². The van der Waals surface area contributed by atoms with Crippen LogP contribution in [-0.2, 0) is 0 Å². The SMILES string of the molecule is CC(C)C1CC(c2cc(C3CC(C(C)C)N(O)C(C)(C)C3)cc(C3CC(C(C)C)N(O)C(C)(C)C3)c2)CC(C)(C)N1O. The van der Waals surface area contributed by atoms with Crippen LogP contribution in [0.5, 0.6) is 0 Å². The second-order valence-corrected chi connectivity index (χ2v) is 17.2. The van der Waals surface area contributed by atoms with E-state index in [2.05, 4.69) is 101 Å². The van der Waals surface area contributed by atoms with E-state index in [1.54, 1.807) is 15.2 Å². The van der Waals surface area contributed by atoms with Crippen molar-refractivity contribution in [1.82, 2.24) is 15.2 Å². The highest BCUT2D eigenvalue weighted by atomic mass is 16.5. The number of hydrogen-bond donors (Lipinski definition) is 3. The molecule has 0 spiro atoms. The molecule has 3 aliphatic rings. The van der Waals surface area contributed by atoms with Gasteiger partial charge in [0, 0.05) is 34.7 Å². The molecule has 1 aromatic carbocycles. The Balaban J connectivity index is 1.81. The molecule has 0 amide bonds. The summed E-state index contributed by atoms with van der Waals surface area (Å²) in [4.78, 5) is 0. The Bertz CT molecular complexity index is 935. The fourth-order valence-corrected chi connectivity index (χ4v) is 8.70. The highest BCUT2D eigenvalue weighted by molar-refractivity contribution is 5.38. The van der Waals surface area contributed by atoms with Gasteiger partial charge >= 0.3 is 0 Å². The zero-order valence-corrected chi connectivity index (χ0v) is 28.9. The summed E-state index contributed by atoms with van der Waals surface area (Å²) in [6, 6.07) is 7.84. The lowest BCUT2D eigenvalue weighted by atomic mass is 9.69. The lowest BCUT2D eigenvalue weighted by Gasteiger charge is -2.50. The standard InChI is InChI=1S/C36H63N3O3/c1-22(2)31-16-28(19-34(7,8)37(31)40)25-13-26(29-17-32(23(3)4)38(41)35(9,10)20-29)15-27(14-25)30-18-33(24(5)6)39(42)36(11,12)21-30/h13-15,22-24,28-33,40-42H,16-21H2,1-12H3. The van der Waals surface area contributed by atoms with Crippen LogP contribution in [-0.4, -0.2) is 65.6 Å². The van der Waals surface area contributed by atoms with Crippen molar-refractivity contribution in [3.63, 3.8) is 0 Å². The minimum absolute atomic E-state index is 0.120. The number of rotatable bonds is 6. The molecule has 6 heteroatoms. The first-order valence-corrected chi connectivity index (χ1v) is 16.8. The Morgan fingerprint density at radius 2 is 0.714 bits per heavy atom. The molecule has 6 atom stereocenters. The van der Waals surface area contributed by atoms with Gasteiger partial charge in [-0.2, -0.15) is 15.2 Å². The second kappa shape index (κ2) is 12.1. The van der Waals surface area contributed by atoms with Gasteiger partial charge in [-0.25, -0.2) is 0 Å². The summed E-state index contributed by atoms with van der Waals surface area (Å²) in [5.74, 6) is 2.20. The molecule has 3 aliphatic heterocycles. The quantitative estimate of drug-likeness (QED) is 0.310. The first kappa shape index (κ1) is 33.9. The van der Waals surface area contributed by atoms with Gasteiger partial charge in [0.1, 0.15) is 0 Å². The van der Waals surface area contributed by atoms with E-state index in [4.69, 9.17) is 0 Å². The van der Waals surface area contributed by atoms with Gasteiger partial charge in [-0.3, -0.25) is 0 Å². The van der Waals surface area contributed by atoms with E-state index >= 15 is 0 Å². The molecular weight excluding hydrogens is 522 g/mol. The first-order chi connectivity index (χ1) is 19.2. The van der Waals surface area contributed by atoms with E-state index in [9.17, 15) is 15.6 Å². The largest absolute Gasteiger partial charge is 0.313 e. The Morgan fingerprint density at radius 1 is 0.500 bits per heavy atom. The molecule has 42 heavy (non-hydrogen) atoms. The maximum Gasteiger partial charge on any atom is 0.0413 e. The van der Waals surface area contributed by atoms with Crippen LogP contribution in [0.15, 0.2) is 18.2 Å². The van der Waals surface area contributed by atoms with Gasteiger partial charge < -0.3 is 15.6 Å². The molecule has 240 valence electrons. The number of piperidine rings is 3. The van der Waals surface area contributed by atoms with E-state index in [1.165, 1.54) is 16.7 Å². The molecule has 0 aromatic heterocycles. The van der Waals surface area contributed by atoms with E-state index in [-0.39, 0.29) is 34.7 Å². The predicted molar refractivity (Wildman–Crippen MR) is 171 cm³/mol. The molecular formula is C36H63N3O3. The molecule has 3 heterocycles. The van der Waals surface area contributed by atoms with Gasteiger partial charge in [0.15, 0.2) is 0 Å². The Labute approximate surface area is 257 Å². The fraction of sp³-hybridized carbons (Fsp3) is 0.833. The van der Waals surface area contributed by atoms with Crippen LogP contribution < -0.4 is 0 Å². The smallest absolute Gasteiger partial charge is 0.0413 e. The minimum Gasteiger partial charge on any atom is -0.313 e. The fourth-order valence-electron chi connectivity index (χ4n) is 8.70. The van der Waals surface area contributed by atoms with Gasteiger partial charge in [-0.15, -0.1) is 0 Å². The van der Waals surface area contributed by atoms with E-state index in [1.807, 2.05) is 0 Å². The van der Waals surface area contributed by atoms with Crippen LogP contribution in [0.3, 0.4) is 0 Å². The Kier molecular flexibility index (Phi) is 9.72. The minimum atomic E-state index is -0.298. The summed E-state index contributed by atoms with van der Waals surface area (Å²) >= 11 is 0. The lowest BCUT2D eigenvalue weighted by molar-refractivity contribution is -0.224. The average Bonchev–Trinajstić information content (AvgIpc) is 2.87. The molecule has 3 saturated heterocycles. The van der Waals surface area contributed by atoms with Crippen LogP contribution in [0.25, 0.3) is 0 Å². The van der Waals surface area contributed by atoms with Gasteiger partial charge in [-0.1, -0.05) is 59.7 Å². The molecule has 4 rings (SSSR count). The van der Waals surface area contributed by atoms with Crippen LogP contribution in [0.4, 0.5) is 0 Å². The van der Waals surface area contributed by atoms with Gasteiger partial charge in [0.05, 0.1) is 0 Å². The highest BCUT2D eigenvalue weighted by Gasteiger charge is 2.46. The van der Waals surface area contributed by atoms with Crippen LogP contribution in [0, 0.1) is 17.8 Å². The maximum absolute atomic E-state index is 11.2. The third kappa shape index (κ3) is 6.65. The van der Waals surface area contributed by atoms with Crippen molar-refractivity contribution in [3.8, 4) is 0 Å². The maximum atomic E-state index is 11.2. The molecule has 3 fully saturated rings. The number of hydroxylamine groups is 6. The molecule has 1 aromatic rings. The Hall–Kier alpha value is -1.02. The lowest BCUT2D eigenvalue weighted by Crippen LogP contribution is -2.55. The molecule has 0 aliphatic carbocycles. The number of benzene rings is 1. The summed E-state index contributed by atoms with van der Waals surface area (Å²) < 4.78 is 0. The number of nitrogens with zero attached hydrogens (tertiary/aromatic N) is 3. The molecule has 3 N–H and O–H groups in total. The summed E-state index contributed by atoms with van der Waals surface area (Å²) in [5, 5.41) is 38.4. The van der Waals surface area contributed by atoms with Gasteiger partial charge in [0.2, 0.25) is 0 Å². The van der Waals surface area contributed by atoms with Crippen molar-refractivity contribution in [1.29, 1.82) is 0 Å². The highest BCUT2D eigenvalue weighted by Crippen LogP contribution is 2.48. The van der Waals surface area contributed by atoms with Gasteiger partial charge in [-0.05, 0) is 132 Å². The van der Waals surface area contributed by atoms with Crippen LogP contribution >= 0.6 is 0 Å². The Morgan fingerprint density at radius 3 is 0.905 bits per heavy atom. The molecule has 0 saturated carbocycles. The normalized spacial score (nSPS) is 34.4. The van der Waals surface area contributed by atoms with Crippen LogP contribution in [0.1, 0.15) is 156 Å². The third-order valence-corrected chi connectivity index (χ3v) is 11.3. The zero-order chi connectivity index (χ0) is 31.5. The first-order valence-electron chi connectivity index (χ1n) is 16.8.